The summed E-state index contributed by atoms with van der Waals surface area (Å²) in [5, 5.41) is 52.0. The summed E-state index contributed by atoms with van der Waals surface area (Å²) >= 11 is 0. The van der Waals surface area contributed by atoms with Crippen molar-refractivity contribution in [2.45, 2.75) is 153 Å². The number of aromatic nitrogens is 1. The van der Waals surface area contributed by atoms with Gasteiger partial charge in [-0.15, -0.1) is 35.5 Å². The fourth-order valence-electron chi connectivity index (χ4n) is 6.50. The van der Waals surface area contributed by atoms with Gasteiger partial charge in [0.1, 0.15) is 6.29 Å². The number of hydrogen-bond acceptors (Lipinski definition) is 7. The Kier molecular flexibility index (Phi) is 26.1. The van der Waals surface area contributed by atoms with Crippen LogP contribution in [0.3, 0.4) is 0 Å². The Morgan fingerprint density at radius 3 is 1.09 bits per heavy atom. The molecule has 5 aliphatic rings. The van der Waals surface area contributed by atoms with E-state index in [4.69, 9.17) is 20.6 Å². The van der Waals surface area contributed by atoms with E-state index in [1.54, 1.807) is 0 Å². The second-order valence-corrected chi connectivity index (χ2v) is 12.1. The average molecular weight is 730 g/mol. The molecule has 6 rings (SSSR count). The molecule has 44 heavy (non-hydrogen) atoms. The van der Waals surface area contributed by atoms with Crippen LogP contribution in [0, 0.1) is 5.92 Å². The van der Waals surface area contributed by atoms with Crippen LogP contribution in [0.15, 0.2) is 9.36 Å². The van der Waals surface area contributed by atoms with Crippen LogP contribution in [0.1, 0.15) is 122 Å². The van der Waals surface area contributed by atoms with Gasteiger partial charge in [0.25, 0.3) is 0 Å². The monoisotopic (exact) mass is 728 g/mol. The summed E-state index contributed by atoms with van der Waals surface area (Å²) in [6.45, 7) is 5.65. The molecule has 5 unspecified atom stereocenters. The summed E-state index contributed by atoms with van der Waals surface area (Å²) < 4.78 is 8.91. The fourth-order valence-corrected chi connectivity index (χ4v) is 6.50. The maximum Gasteiger partial charge on any atom is 2.00 e. The van der Waals surface area contributed by atoms with E-state index in [0.29, 0.717) is 24.2 Å². The fraction of sp³-hybridized carbons (Fsp3) is 1.00. The van der Waals surface area contributed by atoms with Crippen molar-refractivity contribution in [3.63, 3.8) is 0 Å². The smallest absolute Gasteiger partial charge is 0.661 e. The summed E-state index contributed by atoms with van der Waals surface area (Å²) in [5.74, 6) is 0.200. The van der Waals surface area contributed by atoms with Crippen LogP contribution in [-0.4, -0.2) is 92.9 Å². The maximum atomic E-state index is 8.96. The van der Waals surface area contributed by atoms with Crippen molar-refractivity contribution in [3.05, 3.63) is 21.3 Å². The molecule has 15 heteroatoms. The van der Waals surface area contributed by atoms with E-state index in [0.717, 1.165) is 56.8 Å². The SMILES string of the molecule is C1CCC(C2CCCC[N-]2)[N-]C1.C1CCC(C2CCCC[N-]2)[N-]C1.CC(O)O.O.ON(O)C(C1CCCCC1)n1oo1.[Cu+2].[Cu+2]. The second-order valence-electron chi connectivity index (χ2n) is 12.1. The van der Waals surface area contributed by atoms with E-state index in [2.05, 4.69) is 30.6 Å². The number of hydrogen-bond donors (Lipinski definition) is 4. The minimum atomic E-state index is -1.17. The Labute approximate surface area is 285 Å². The summed E-state index contributed by atoms with van der Waals surface area (Å²) in [7, 11) is 0. The van der Waals surface area contributed by atoms with Crippen molar-refractivity contribution in [2.24, 2.45) is 5.92 Å². The molecule has 13 nitrogen and oxygen atoms in total. The number of piperidine rings is 4. The van der Waals surface area contributed by atoms with Crippen LogP contribution in [0.5, 0.6) is 0 Å². The Morgan fingerprint density at radius 2 is 0.864 bits per heavy atom. The van der Waals surface area contributed by atoms with Gasteiger partial charge < -0.3 is 37.0 Å². The molecule has 5 atom stereocenters. The molecule has 4 saturated heterocycles. The van der Waals surface area contributed by atoms with Crippen LogP contribution >= 0.6 is 0 Å². The van der Waals surface area contributed by atoms with Crippen molar-refractivity contribution in [1.82, 2.24) is 10.1 Å². The van der Waals surface area contributed by atoms with Gasteiger partial charge in [-0.05, 0) is 25.0 Å². The van der Waals surface area contributed by atoms with Gasteiger partial charge >= 0.3 is 34.1 Å². The summed E-state index contributed by atoms with van der Waals surface area (Å²) in [4.78, 5) is 1.11. The number of nitrogens with zero attached hydrogens (tertiary/aromatic N) is 6. The summed E-state index contributed by atoms with van der Waals surface area (Å²) in [6.07, 6.45) is 19.6. The third-order valence-corrected chi connectivity index (χ3v) is 8.66. The van der Waals surface area contributed by atoms with Gasteiger partial charge in [-0.2, -0.15) is 24.2 Å². The van der Waals surface area contributed by atoms with Crippen molar-refractivity contribution >= 4 is 0 Å². The van der Waals surface area contributed by atoms with E-state index in [-0.39, 0.29) is 50.8 Å². The van der Waals surface area contributed by atoms with Crippen LogP contribution in [-0.2, 0) is 34.1 Å². The van der Waals surface area contributed by atoms with Crippen molar-refractivity contribution in [1.29, 1.82) is 0 Å². The van der Waals surface area contributed by atoms with Crippen LogP contribution in [0.4, 0.5) is 0 Å². The predicted molar refractivity (Wildman–Crippen MR) is 161 cm³/mol. The minimum absolute atomic E-state index is 0. The topological polar surface area (TPSA) is 203 Å². The Hall–Kier alpha value is 0.0390. The van der Waals surface area contributed by atoms with E-state index >= 15 is 0 Å². The number of hydroxylamine groups is 2. The van der Waals surface area contributed by atoms with E-state index in [9.17, 15) is 0 Å². The molecule has 1 saturated carbocycles. The molecule has 0 spiro atoms. The molecule has 5 fully saturated rings. The molecule has 2 radical (unpaired) electrons. The summed E-state index contributed by atoms with van der Waals surface area (Å²) in [5.41, 5.74) is 0. The maximum absolute atomic E-state index is 8.96. The first-order chi connectivity index (χ1) is 20.0. The molecule has 6 N–H and O–H groups in total. The van der Waals surface area contributed by atoms with Crippen LogP contribution < -0.4 is 0 Å². The zero-order chi connectivity index (χ0) is 29.3. The standard InChI is InChI=1S/2C10H18N2.C7H14N2O4.C2H6O2.2Cu.H2O/c2*1-3-7-11-9(5-1)10-6-2-4-8-12-10;10-8(11)7(9-12-13-9)6-4-2-1-3-5-6;1-2(3)4;;;/h2*9-10H,1-8H2;6-7,10-11H,1-5H2;2-4H,1H3;;;1H2/q2*-2;;;2*+2;. The largest absolute Gasteiger partial charge is 2.00 e. The zero-order valence-corrected chi connectivity index (χ0v) is 28.2. The quantitative estimate of drug-likeness (QED) is 0.123. The van der Waals surface area contributed by atoms with Crippen LogP contribution in [0.25, 0.3) is 21.3 Å². The molecule has 1 aromatic heterocycles. The molecular formula is C29H58Cu2N6O7. The minimum Gasteiger partial charge on any atom is -0.661 e. The normalized spacial score (nSPS) is 28.2. The van der Waals surface area contributed by atoms with Gasteiger partial charge in [0, 0.05) is 10.8 Å². The molecule has 4 aliphatic heterocycles. The van der Waals surface area contributed by atoms with Gasteiger partial charge in [-0.1, -0.05) is 96.3 Å². The van der Waals surface area contributed by atoms with E-state index < -0.39 is 12.5 Å². The summed E-state index contributed by atoms with van der Waals surface area (Å²) in [6, 6.07) is 2.39. The number of aliphatic hydroxyl groups is 2. The molecule has 0 amide bonds. The third-order valence-electron chi connectivity index (χ3n) is 8.66. The van der Waals surface area contributed by atoms with Gasteiger partial charge in [0.2, 0.25) is 6.17 Å². The molecule has 5 heterocycles. The Balaban J connectivity index is 0.000000576. The number of aliphatic hydroxyl groups excluding tert-OH is 1. The Bertz CT molecular complexity index is 652. The number of rotatable bonds is 5. The zero-order valence-electron chi connectivity index (χ0n) is 26.3. The second kappa shape index (κ2) is 26.0. The molecule has 1 aliphatic carbocycles. The molecular weight excluding hydrogens is 671 g/mol. The van der Waals surface area contributed by atoms with Gasteiger partial charge in [0.05, 0.1) is 0 Å². The molecule has 0 aromatic carbocycles. The average Bonchev–Trinajstić information content (AvgIpc) is 3.85. The third kappa shape index (κ3) is 17.8. The van der Waals surface area contributed by atoms with Crippen molar-refractivity contribution < 1.29 is 69.6 Å². The van der Waals surface area contributed by atoms with Gasteiger partial charge in [-0.3, -0.25) is 10.4 Å². The first-order valence-electron chi connectivity index (χ1n) is 16.3. The predicted octanol–water partition coefficient (Wildman–Crippen LogP) is 6.00. The van der Waals surface area contributed by atoms with Gasteiger partial charge in [0.15, 0.2) is 0 Å². The van der Waals surface area contributed by atoms with Crippen molar-refractivity contribution in [2.75, 3.05) is 26.2 Å². The molecule has 268 valence electrons. The van der Waals surface area contributed by atoms with Crippen molar-refractivity contribution in [3.8, 4) is 0 Å². The first-order valence-corrected chi connectivity index (χ1v) is 16.3. The first kappa shape index (κ1) is 44.0. The van der Waals surface area contributed by atoms with Crippen LogP contribution in [0.2, 0.25) is 0 Å². The van der Waals surface area contributed by atoms with Gasteiger partial charge in [-0.25, -0.2) is 0 Å². The Morgan fingerprint density at radius 1 is 0.568 bits per heavy atom. The van der Waals surface area contributed by atoms with E-state index in [1.165, 1.54) is 90.4 Å². The molecule has 1 aromatic rings. The molecule has 0 bridgehead atoms. The van der Waals surface area contributed by atoms with E-state index in [1.807, 2.05) is 0 Å².